The maximum Gasteiger partial charge on any atom is 0.254 e. The summed E-state index contributed by atoms with van der Waals surface area (Å²) in [6.07, 6.45) is 0. The van der Waals surface area contributed by atoms with E-state index in [9.17, 15) is 4.79 Å². The van der Waals surface area contributed by atoms with Crippen LogP contribution in [0.25, 0.3) is 0 Å². The Morgan fingerprint density at radius 1 is 1.16 bits per heavy atom. The monoisotopic (exact) mass is 360 g/mol. The van der Waals surface area contributed by atoms with Gasteiger partial charge in [0.25, 0.3) is 5.91 Å². The van der Waals surface area contributed by atoms with Crippen LogP contribution in [0.4, 0.5) is 0 Å². The molecule has 0 aliphatic carbocycles. The zero-order valence-corrected chi connectivity index (χ0v) is 15.7. The van der Waals surface area contributed by atoms with Crippen LogP contribution in [0, 0.1) is 13.8 Å². The Morgan fingerprint density at radius 2 is 1.84 bits per heavy atom. The van der Waals surface area contributed by atoms with E-state index in [0.717, 1.165) is 41.1 Å². The maximum absolute atomic E-state index is 13.1. The van der Waals surface area contributed by atoms with Crippen molar-refractivity contribution in [2.45, 2.75) is 19.9 Å². The molecule has 0 bridgehead atoms. The van der Waals surface area contributed by atoms with Crippen molar-refractivity contribution in [1.29, 1.82) is 0 Å². The van der Waals surface area contributed by atoms with Gasteiger partial charge in [0.1, 0.15) is 5.75 Å². The first-order valence-electron chi connectivity index (χ1n) is 8.33. The molecule has 134 valence electrons. The van der Waals surface area contributed by atoms with Gasteiger partial charge >= 0.3 is 0 Å². The van der Waals surface area contributed by atoms with Crippen LogP contribution in [0.5, 0.6) is 5.75 Å². The third-order valence-electron chi connectivity index (χ3n) is 4.47. The molecule has 1 amide bonds. The molecule has 4 nitrogen and oxygen atoms in total. The van der Waals surface area contributed by atoms with Crippen LogP contribution in [0.2, 0.25) is 0 Å². The SMILES string of the molecule is COc1ccccc1C1CNCCN1C(=O)c1cc(C)cc(C)c1.Cl. The van der Waals surface area contributed by atoms with Gasteiger partial charge in [-0.1, -0.05) is 35.4 Å². The smallest absolute Gasteiger partial charge is 0.254 e. The van der Waals surface area contributed by atoms with Crippen molar-refractivity contribution in [3.8, 4) is 5.75 Å². The fourth-order valence-corrected chi connectivity index (χ4v) is 3.43. The van der Waals surface area contributed by atoms with Gasteiger partial charge in [0.2, 0.25) is 0 Å². The summed E-state index contributed by atoms with van der Waals surface area (Å²) in [5.74, 6) is 0.906. The van der Waals surface area contributed by atoms with Gasteiger partial charge in [0, 0.05) is 30.8 Å². The van der Waals surface area contributed by atoms with Gasteiger partial charge in [-0.3, -0.25) is 4.79 Å². The molecule has 0 saturated carbocycles. The number of nitrogens with zero attached hydrogens (tertiary/aromatic N) is 1. The summed E-state index contributed by atoms with van der Waals surface area (Å²) in [5.41, 5.74) is 4.03. The number of amides is 1. The number of piperazine rings is 1. The Bertz CT molecular complexity index is 728. The lowest BCUT2D eigenvalue weighted by molar-refractivity contribution is 0.0631. The lowest BCUT2D eigenvalue weighted by Crippen LogP contribution is -2.48. The number of carbonyl (C=O) groups is 1. The van der Waals surface area contributed by atoms with Crippen molar-refractivity contribution >= 4 is 18.3 Å². The number of carbonyl (C=O) groups excluding carboxylic acids is 1. The lowest BCUT2D eigenvalue weighted by atomic mass is 10.00. The first-order valence-corrected chi connectivity index (χ1v) is 8.33. The quantitative estimate of drug-likeness (QED) is 0.910. The molecular formula is C20H25ClN2O2. The molecule has 1 heterocycles. The van der Waals surface area contributed by atoms with Crippen molar-refractivity contribution in [1.82, 2.24) is 10.2 Å². The van der Waals surface area contributed by atoms with Crippen molar-refractivity contribution in [2.24, 2.45) is 0 Å². The first kappa shape index (κ1) is 19.3. The molecule has 0 radical (unpaired) electrons. The number of hydrogen-bond acceptors (Lipinski definition) is 3. The molecule has 5 heteroatoms. The predicted octanol–water partition coefficient (Wildman–Crippen LogP) is 3.52. The normalized spacial score (nSPS) is 16.9. The van der Waals surface area contributed by atoms with Gasteiger partial charge < -0.3 is 15.0 Å². The third-order valence-corrected chi connectivity index (χ3v) is 4.47. The van der Waals surface area contributed by atoms with Gasteiger partial charge in [0.05, 0.1) is 13.2 Å². The number of methoxy groups -OCH3 is 1. The first-order chi connectivity index (χ1) is 11.6. The molecule has 1 atom stereocenters. The van der Waals surface area contributed by atoms with E-state index in [1.54, 1.807) is 7.11 Å². The van der Waals surface area contributed by atoms with Gasteiger partial charge in [0.15, 0.2) is 0 Å². The number of aryl methyl sites for hydroxylation is 2. The minimum atomic E-state index is -0.0248. The van der Waals surface area contributed by atoms with Crippen LogP contribution >= 0.6 is 12.4 Å². The van der Waals surface area contributed by atoms with Crippen LogP contribution in [-0.4, -0.2) is 37.6 Å². The number of benzene rings is 2. The van der Waals surface area contributed by atoms with Crippen molar-refractivity contribution in [3.63, 3.8) is 0 Å². The summed E-state index contributed by atoms with van der Waals surface area (Å²) in [6.45, 7) is 6.28. The lowest BCUT2D eigenvalue weighted by Gasteiger charge is -2.37. The summed E-state index contributed by atoms with van der Waals surface area (Å²) >= 11 is 0. The van der Waals surface area contributed by atoms with E-state index in [4.69, 9.17) is 4.74 Å². The summed E-state index contributed by atoms with van der Waals surface area (Å²) in [4.78, 5) is 15.1. The molecule has 1 aliphatic rings. The van der Waals surface area contributed by atoms with Gasteiger partial charge in [-0.25, -0.2) is 0 Å². The molecule has 1 saturated heterocycles. The molecule has 25 heavy (non-hydrogen) atoms. The Kier molecular flexibility index (Phi) is 6.45. The third kappa shape index (κ3) is 4.14. The predicted molar refractivity (Wildman–Crippen MR) is 103 cm³/mol. The van der Waals surface area contributed by atoms with E-state index in [0.29, 0.717) is 6.54 Å². The average molecular weight is 361 g/mol. The summed E-state index contributed by atoms with van der Waals surface area (Å²) in [6, 6.07) is 13.9. The van der Waals surface area contributed by atoms with E-state index >= 15 is 0 Å². The van der Waals surface area contributed by atoms with E-state index < -0.39 is 0 Å². The molecule has 2 aromatic carbocycles. The Labute approximate surface area is 155 Å². The number of halogens is 1. The van der Waals surface area contributed by atoms with E-state index in [1.807, 2.05) is 55.1 Å². The summed E-state index contributed by atoms with van der Waals surface area (Å²) in [5, 5.41) is 3.39. The zero-order valence-electron chi connectivity index (χ0n) is 14.9. The van der Waals surface area contributed by atoms with Crippen molar-refractivity contribution < 1.29 is 9.53 Å². The fourth-order valence-electron chi connectivity index (χ4n) is 3.43. The maximum atomic E-state index is 13.1. The standard InChI is InChI=1S/C20H24N2O2.ClH/c1-14-10-15(2)12-16(11-14)20(23)22-9-8-21-13-18(22)17-6-4-5-7-19(17)24-3;/h4-7,10-12,18,21H,8-9,13H2,1-3H3;1H. The molecule has 1 aliphatic heterocycles. The number of rotatable bonds is 3. The number of ether oxygens (including phenoxy) is 1. The summed E-state index contributed by atoms with van der Waals surface area (Å²) in [7, 11) is 1.67. The molecular weight excluding hydrogens is 336 g/mol. The van der Waals surface area contributed by atoms with Crippen molar-refractivity contribution in [3.05, 3.63) is 64.7 Å². The molecule has 0 spiro atoms. The van der Waals surface area contributed by atoms with E-state index in [1.165, 1.54) is 0 Å². The van der Waals surface area contributed by atoms with E-state index in [2.05, 4.69) is 11.4 Å². The highest BCUT2D eigenvalue weighted by Crippen LogP contribution is 2.31. The zero-order chi connectivity index (χ0) is 17.1. The second-order valence-electron chi connectivity index (χ2n) is 6.34. The minimum Gasteiger partial charge on any atom is -0.496 e. The second-order valence-corrected chi connectivity index (χ2v) is 6.34. The van der Waals surface area contributed by atoms with Crippen LogP contribution in [0.1, 0.15) is 33.1 Å². The number of nitrogens with one attached hydrogen (secondary N) is 1. The number of para-hydroxylation sites is 1. The highest BCUT2D eigenvalue weighted by molar-refractivity contribution is 5.95. The molecule has 1 N–H and O–H groups in total. The topological polar surface area (TPSA) is 41.6 Å². The van der Waals surface area contributed by atoms with Gasteiger partial charge in [-0.15, -0.1) is 12.4 Å². The van der Waals surface area contributed by atoms with Crippen LogP contribution < -0.4 is 10.1 Å². The largest absolute Gasteiger partial charge is 0.496 e. The van der Waals surface area contributed by atoms with Crippen LogP contribution in [0.15, 0.2) is 42.5 Å². The molecule has 1 fully saturated rings. The number of hydrogen-bond donors (Lipinski definition) is 1. The van der Waals surface area contributed by atoms with Crippen LogP contribution in [-0.2, 0) is 0 Å². The van der Waals surface area contributed by atoms with Crippen molar-refractivity contribution in [2.75, 3.05) is 26.7 Å². The Balaban J connectivity index is 0.00000225. The molecule has 3 rings (SSSR count). The molecule has 0 aromatic heterocycles. The molecule has 2 aromatic rings. The van der Waals surface area contributed by atoms with Gasteiger partial charge in [-0.05, 0) is 32.0 Å². The highest BCUT2D eigenvalue weighted by Gasteiger charge is 2.30. The minimum absolute atomic E-state index is 0. The highest BCUT2D eigenvalue weighted by atomic mass is 35.5. The Morgan fingerprint density at radius 3 is 2.52 bits per heavy atom. The average Bonchev–Trinajstić information content (AvgIpc) is 2.60. The van der Waals surface area contributed by atoms with Crippen LogP contribution in [0.3, 0.4) is 0 Å². The fraction of sp³-hybridized carbons (Fsp3) is 0.350. The summed E-state index contributed by atoms with van der Waals surface area (Å²) < 4.78 is 5.50. The second kappa shape index (κ2) is 8.37. The Hall–Kier alpha value is -2.04. The molecule has 1 unspecified atom stereocenters. The van der Waals surface area contributed by atoms with Gasteiger partial charge in [-0.2, -0.15) is 0 Å². The van der Waals surface area contributed by atoms with E-state index in [-0.39, 0.29) is 24.4 Å².